The van der Waals surface area contributed by atoms with Crippen LogP contribution < -0.4 is 5.32 Å². The van der Waals surface area contributed by atoms with Crippen molar-refractivity contribution in [3.05, 3.63) is 35.6 Å². The summed E-state index contributed by atoms with van der Waals surface area (Å²) in [6.07, 6.45) is 3.73. The first-order chi connectivity index (χ1) is 12.2. The fourth-order valence-corrected chi connectivity index (χ4v) is 4.81. The van der Waals surface area contributed by atoms with E-state index in [1.54, 1.807) is 12.1 Å². The molecule has 2 heterocycles. The molecule has 0 saturated carbocycles. The molecule has 1 atom stereocenters. The molecule has 1 unspecified atom stereocenters. The van der Waals surface area contributed by atoms with Crippen molar-refractivity contribution in [2.45, 2.75) is 31.7 Å². The molecule has 2 aliphatic rings. The van der Waals surface area contributed by atoms with Gasteiger partial charge in [-0.05, 0) is 43.9 Å². The van der Waals surface area contributed by atoms with Crippen LogP contribution in [0.3, 0.4) is 0 Å². The monoisotopic (exact) mass is 383 g/mol. The van der Waals surface area contributed by atoms with Gasteiger partial charge in [-0.15, -0.1) is 0 Å². The summed E-state index contributed by atoms with van der Waals surface area (Å²) in [5.74, 6) is -0.0943. The Hall–Kier alpha value is -1.67. The predicted octanol–water partition coefficient (Wildman–Crippen LogP) is 1.82. The average molecular weight is 383 g/mol. The summed E-state index contributed by atoms with van der Waals surface area (Å²) in [7, 11) is -3.13. The van der Waals surface area contributed by atoms with E-state index < -0.39 is 10.0 Å². The summed E-state index contributed by atoms with van der Waals surface area (Å²) < 4.78 is 37.3. The van der Waals surface area contributed by atoms with E-state index in [1.165, 1.54) is 22.7 Å². The highest BCUT2D eigenvalue weighted by Gasteiger charge is 2.40. The second kappa shape index (κ2) is 7.15. The van der Waals surface area contributed by atoms with Crippen molar-refractivity contribution in [1.82, 2.24) is 14.5 Å². The van der Waals surface area contributed by atoms with Crippen molar-refractivity contribution in [3.63, 3.8) is 0 Å². The smallest absolute Gasteiger partial charge is 0.317 e. The summed E-state index contributed by atoms with van der Waals surface area (Å²) >= 11 is 0. The molecule has 8 heteroatoms. The Morgan fingerprint density at radius 2 is 1.96 bits per heavy atom. The Morgan fingerprint density at radius 3 is 2.58 bits per heavy atom. The van der Waals surface area contributed by atoms with Gasteiger partial charge in [0.1, 0.15) is 5.82 Å². The number of likely N-dealkylation sites (tertiary alicyclic amines) is 1. The van der Waals surface area contributed by atoms with Gasteiger partial charge >= 0.3 is 6.03 Å². The second-order valence-electron chi connectivity index (χ2n) is 7.69. The lowest BCUT2D eigenvalue weighted by atomic mass is 9.90. The lowest BCUT2D eigenvalue weighted by Crippen LogP contribution is -2.56. The van der Waals surface area contributed by atoms with Crippen LogP contribution in [0, 0.1) is 11.7 Å². The van der Waals surface area contributed by atoms with E-state index in [0.29, 0.717) is 32.6 Å². The highest BCUT2D eigenvalue weighted by molar-refractivity contribution is 7.88. The molecule has 0 aromatic heterocycles. The Kier molecular flexibility index (Phi) is 5.25. The highest BCUT2D eigenvalue weighted by atomic mass is 32.2. The van der Waals surface area contributed by atoms with Crippen LogP contribution in [-0.2, 0) is 16.4 Å². The zero-order chi connectivity index (χ0) is 18.9. The number of hydrogen-bond acceptors (Lipinski definition) is 3. The van der Waals surface area contributed by atoms with Crippen LogP contribution in [0.4, 0.5) is 9.18 Å². The van der Waals surface area contributed by atoms with Crippen molar-refractivity contribution < 1.29 is 17.6 Å². The van der Waals surface area contributed by atoms with Crippen LogP contribution in [0.5, 0.6) is 0 Å². The molecule has 2 fully saturated rings. The minimum absolute atomic E-state index is 0.107. The van der Waals surface area contributed by atoms with Crippen LogP contribution in [0.15, 0.2) is 24.3 Å². The Morgan fingerprint density at radius 1 is 1.31 bits per heavy atom. The first kappa shape index (κ1) is 19.1. The van der Waals surface area contributed by atoms with Crippen LogP contribution in [0.2, 0.25) is 0 Å². The van der Waals surface area contributed by atoms with Gasteiger partial charge in [-0.25, -0.2) is 21.9 Å². The molecule has 2 aliphatic heterocycles. The van der Waals surface area contributed by atoms with E-state index in [0.717, 1.165) is 18.4 Å². The third-order valence-electron chi connectivity index (χ3n) is 5.43. The number of nitrogens with one attached hydrogen (secondary N) is 1. The Bertz CT molecular complexity index is 762. The third-order valence-corrected chi connectivity index (χ3v) is 6.66. The molecule has 0 bridgehead atoms. The third kappa shape index (κ3) is 4.17. The van der Waals surface area contributed by atoms with Crippen LogP contribution in [0.25, 0.3) is 0 Å². The molecular weight excluding hydrogens is 357 g/mol. The van der Waals surface area contributed by atoms with Gasteiger partial charge < -0.3 is 10.2 Å². The highest BCUT2D eigenvalue weighted by Crippen LogP contribution is 2.32. The topological polar surface area (TPSA) is 69.7 Å². The fraction of sp³-hybridized carbons (Fsp3) is 0.611. The summed E-state index contributed by atoms with van der Waals surface area (Å²) in [5.41, 5.74) is 0.719. The summed E-state index contributed by atoms with van der Waals surface area (Å²) in [4.78, 5) is 14.5. The maximum absolute atomic E-state index is 13.1. The Balaban J connectivity index is 1.54. The molecule has 2 amide bonds. The zero-order valence-electron chi connectivity index (χ0n) is 15.2. The molecule has 1 aromatic rings. The normalized spacial score (nSPS) is 24.5. The number of sulfonamides is 1. The summed E-state index contributed by atoms with van der Waals surface area (Å²) in [6, 6.07) is 6.32. The van der Waals surface area contributed by atoms with Crippen molar-refractivity contribution in [2.24, 2.45) is 5.92 Å². The lowest BCUT2D eigenvalue weighted by Gasteiger charge is -2.39. The maximum Gasteiger partial charge on any atom is 0.317 e. The average Bonchev–Trinajstić information content (AvgIpc) is 2.88. The number of benzene rings is 1. The molecule has 3 rings (SSSR count). The SMILES string of the molecule is CC1(Cc2ccc(F)cc2)CCCN1C(=O)NCC1CN(S(C)(=O)=O)C1. The number of nitrogens with zero attached hydrogens (tertiary/aromatic N) is 2. The van der Waals surface area contributed by atoms with Gasteiger partial charge in [0, 0.05) is 37.6 Å². The maximum atomic E-state index is 13.1. The Labute approximate surface area is 154 Å². The molecule has 0 spiro atoms. The predicted molar refractivity (Wildman–Crippen MR) is 97.8 cm³/mol. The minimum atomic E-state index is -3.13. The molecule has 0 radical (unpaired) electrons. The van der Waals surface area contributed by atoms with Gasteiger partial charge in [0.05, 0.1) is 6.26 Å². The van der Waals surface area contributed by atoms with Crippen molar-refractivity contribution in [1.29, 1.82) is 0 Å². The second-order valence-corrected chi connectivity index (χ2v) is 9.67. The molecule has 26 heavy (non-hydrogen) atoms. The van der Waals surface area contributed by atoms with Crippen LogP contribution >= 0.6 is 0 Å². The first-order valence-corrected chi connectivity index (χ1v) is 10.8. The molecule has 6 nitrogen and oxygen atoms in total. The van der Waals surface area contributed by atoms with E-state index in [9.17, 15) is 17.6 Å². The number of carbonyl (C=O) groups is 1. The molecule has 2 saturated heterocycles. The van der Waals surface area contributed by atoms with Crippen LogP contribution in [0.1, 0.15) is 25.3 Å². The quantitative estimate of drug-likeness (QED) is 0.843. The largest absolute Gasteiger partial charge is 0.338 e. The summed E-state index contributed by atoms with van der Waals surface area (Å²) in [5, 5.41) is 2.95. The van der Waals surface area contributed by atoms with Gasteiger partial charge in [-0.3, -0.25) is 0 Å². The van der Waals surface area contributed by atoms with Gasteiger partial charge in [-0.1, -0.05) is 12.1 Å². The molecular formula is C18H26FN3O3S. The fourth-order valence-electron chi connectivity index (χ4n) is 3.84. The van der Waals surface area contributed by atoms with Gasteiger partial charge in [0.2, 0.25) is 10.0 Å². The first-order valence-electron chi connectivity index (χ1n) is 8.92. The van der Waals surface area contributed by atoms with Gasteiger partial charge in [0.25, 0.3) is 0 Å². The summed E-state index contributed by atoms with van der Waals surface area (Å²) in [6.45, 7) is 4.17. The number of rotatable bonds is 5. The van der Waals surface area contributed by atoms with E-state index in [4.69, 9.17) is 0 Å². The number of hydrogen-bond donors (Lipinski definition) is 1. The standard InChI is InChI=1S/C18H26FN3O3S/c1-18(10-14-4-6-16(19)7-5-14)8-3-9-22(18)17(23)20-11-15-12-21(13-15)26(2,24)25/h4-7,15H,3,8-13H2,1-2H3,(H,20,23). The van der Waals surface area contributed by atoms with E-state index >= 15 is 0 Å². The van der Waals surface area contributed by atoms with E-state index in [1.807, 2.05) is 4.90 Å². The molecule has 1 N–H and O–H groups in total. The van der Waals surface area contributed by atoms with Crippen LogP contribution in [-0.4, -0.2) is 61.6 Å². The number of halogens is 1. The van der Waals surface area contributed by atoms with Crippen molar-refractivity contribution in [2.75, 3.05) is 32.4 Å². The van der Waals surface area contributed by atoms with E-state index in [2.05, 4.69) is 12.2 Å². The van der Waals surface area contributed by atoms with E-state index in [-0.39, 0.29) is 23.3 Å². The van der Waals surface area contributed by atoms with Gasteiger partial charge in [0.15, 0.2) is 0 Å². The zero-order valence-corrected chi connectivity index (χ0v) is 16.1. The number of carbonyl (C=O) groups excluding carboxylic acids is 1. The minimum Gasteiger partial charge on any atom is -0.338 e. The number of urea groups is 1. The molecule has 1 aromatic carbocycles. The van der Waals surface area contributed by atoms with Crippen molar-refractivity contribution in [3.8, 4) is 0 Å². The molecule has 144 valence electrons. The van der Waals surface area contributed by atoms with Crippen molar-refractivity contribution >= 4 is 16.1 Å². The molecule has 0 aliphatic carbocycles. The number of amides is 2. The lowest BCUT2D eigenvalue weighted by molar-refractivity contribution is 0.146. The van der Waals surface area contributed by atoms with Gasteiger partial charge in [-0.2, -0.15) is 0 Å².